The van der Waals surface area contributed by atoms with Crippen molar-refractivity contribution in [2.24, 2.45) is 0 Å². The molecule has 1 aliphatic heterocycles. The third-order valence-corrected chi connectivity index (χ3v) is 6.02. The molecular formula is C20H25N3O7S. The molecule has 0 bridgehead atoms. The van der Waals surface area contributed by atoms with Crippen molar-refractivity contribution < 1.29 is 28.7 Å². The van der Waals surface area contributed by atoms with E-state index in [9.17, 15) is 14.9 Å². The van der Waals surface area contributed by atoms with Crippen LogP contribution in [0.15, 0.2) is 23.6 Å². The number of ether oxygens (including phenoxy) is 4. The number of thiophene rings is 1. The first kappa shape index (κ1) is 22.8. The molecule has 1 aromatic carbocycles. The van der Waals surface area contributed by atoms with Crippen molar-refractivity contribution in [3.8, 4) is 17.2 Å². The first-order valence-electron chi connectivity index (χ1n) is 9.62. The van der Waals surface area contributed by atoms with Gasteiger partial charge in [0, 0.05) is 30.6 Å². The minimum absolute atomic E-state index is 0.0537. The number of hydrogen-bond acceptors (Lipinski definition) is 9. The molecule has 1 unspecified atom stereocenters. The highest BCUT2D eigenvalue weighted by Crippen LogP contribution is 2.46. The largest absolute Gasteiger partial charge is 0.493 e. The fourth-order valence-corrected chi connectivity index (χ4v) is 4.42. The zero-order valence-corrected chi connectivity index (χ0v) is 18.4. The Balaban J connectivity index is 1.90. The first-order valence-corrected chi connectivity index (χ1v) is 10.5. The predicted octanol–water partition coefficient (Wildman–Crippen LogP) is 2.49. The highest BCUT2D eigenvalue weighted by molar-refractivity contribution is 7.10. The van der Waals surface area contributed by atoms with E-state index in [0.29, 0.717) is 13.2 Å². The van der Waals surface area contributed by atoms with Crippen LogP contribution in [0.3, 0.4) is 0 Å². The fraction of sp³-hybridized carbons (Fsp3) is 0.450. The van der Waals surface area contributed by atoms with Gasteiger partial charge >= 0.3 is 5.69 Å². The molecule has 10 nitrogen and oxygen atoms in total. The van der Waals surface area contributed by atoms with Crippen molar-refractivity contribution >= 4 is 22.9 Å². The molecule has 3 rings (SSSR count). The van der Waals surface area contributed by atoms with Crippen LogP contribution in [-0.2, 0) is 4.74 Å². The molecule has 2 heterocycles. The number of hydrogen-bond donors (Lipinski definition) is 1. The van der Waals surface area contributed by atoms with Crippen molar-refractivity contribution in [3.63, 3.8) is 0 Å². The second-order valence-electron chi connectivity index (χ2n) is 6.69. The zero-order valence-electron chi connectivity index (χ0n) is 17.6. The smallest absolute Gasteiger partial charge is 0.327 e. The van der Waals surface area contributed by atoms with Gasteiger partial charge in [0.15, 0.2) is 5.75 Å². The number of methoxy groups -OCH3 is 3. The molecule has 1 saturated heterocycles. The van der Waals surface area contributed by atoms with Gasteiger partial charge in [-0.3, -0.25) is 19.8 Å². The summed E-state index contributed by atoms with van der Waals surface area (Å²) in [5, 5.41) is 16.6. The molecule has 11 heteroatoms. The summed E-state index contributed by atoms with van der Waals surface area (Å²) < 4.78 is 21.1. The van der Waals surface area contributed by atoms with Crippen LogP contribution in [0.5, 0.6) is 17.2 Å². The molecule has 1 atom stereocenters. The lowest BCUT2D eigenvalue weighted by Crippen LogP contribution is -2.43. The number of nitro groups is 1. The number of nitrogens with one attached hydrogen (secondary N) is 1. The van der Waals surface area contributed by atoms with Crippen molar-refractivity contribution in [1.82, 2.24) is 10.2 Å². The monoisotopic (exact) mass is 451 g/mol. The Labute approximate surface area is 183 Å². The maximum absolute atomic E-state index is 13.1. The lowest BCUT2D eigenvalue weighted by Gasteiger charge is -2.34. The van der Waals surface area contributed by atoms with Crippen LogP contribution < -0.4 is 19.5 Å². The first-order chi connectivity index (χ1) is 15.0. The summed E-state index contributed by atoms with van der Waals surface area (Å²) in [6, 6.07) is 5.20. The van der Waals surface area contributed by atoms with Gasteiger partial charge in [0.05, 0.1) is 45.5 Å². The quantitative estimate of drug-likeness (QED) is 0.457. The van der Waals surface area contributed by atoms with Crippen LogP contribution in [0.2, 0.25) is 0 Å². The highest BCUT2D eigenvalue weighted by Gasteiger charge is 2.33. The van der Waals surface area contributed by atoms with Gasteiger partial charge in [-0.1, -0.05) is 6.07 Å². The maximum atomic E-state index is 13.1. The van der Waals surface area contributed by atoms with Gasteiger partial charge in [-0.05, 0) is 11.4 Å². The number of morpholine rings is 1. The van der Waals surface area contributed by atoms with Crippen LogP contribution in [0, 0.1) is 10.1 Å². The van der Waals surface area contributed by atoms with Gasteiger partial charge in [0.2, 0.25) is 11.5 Å². The number of nitro benzene ring substituents is 1. The Morgan fingerprint density at radius 2 is 1.97 bits per heavy atom. The molecule has 1 aromatic heterocycles. The van der Waals surface area contributed by atoms with E-state index >= 15 is 0 Å². The number of carbonyl (C=O) groups is 1. The molecular weight excluding hydrogens is 426 g/mol. The summed E-state index contributed by atoms with van der Waals surface area (Å²) in [6.45, 7) is 3.00. The number of benzene rings is 1. The van der Waals surface area contributed by atoms with Crippen LogP contribution in [0.1, 0.15) is 21.3 Å². The third kappa shape index (κ3) is 4.89. The average molecular weight is 452 g/mol. The molecule has 0 saturated carbocycles. The van der Waals surface area contributed by atoms with Gasteiger partial charge in [-0.15, -0.1) is 11.3 Å². The van der Waals surface area contributed by atoms with Gasteiger partial charge in [-0.2, -0.15) is 0 Å². The van der Waals surface area contributed by atoms with Crippen molar-refractivity contribution in [1.29, 1.82) is 0 Å². The standard InChI is InChI=1S/C20H25N3O7S/c1-27-15-11-13(17(23(25)26)19(29-3)18(15)28-2)20(24)21-12-14(16-5-4-10-31-16)22-6-8-30-9-7-22/h4-5,10-11,14H,6-9,12H2,1-3H3,(H,21,24). The second kappa shape index (κ2) is 10.4. The summed E-state index contributed by atoms with van der Waals surface area (Å²) in [5.74, 6) is -0.545. The lowest BCUT2D eigenvalue weighted by molar-refractivity contribution is -0.386. The van der Waals surface area contributed by atoms with E-state index in [2.05, 4.69) is 10.2 Å². The topological polar surface area (TPSA) is 112 Å². The van der Waals surface area contributed by atoms with E-state index < -0.39 is 16.5 Å². The lowest BCUT2D eigenvalue weighted by atomic mass is 10.1. The third-order valence-electron chi connectivity index (χ3n) is 5.05. The maximum Gasteiger partial charge on any atom is 0.327 e. The predicted molar refractivity (Wildman–Crippen MR) is 115 cm³/mol. The molecule has 0 aliphatic carbocycles. The van der Waals surface area contributed by atoms with E-state index in [4.69, 9.17) is 18.9 Å². The Hall–Kier alpha value is -2.89. The van der Waals surface area contributed by atoms with Crippen molar-refractivity contribution in [2.45, 2.75) is 6.04 Å². The van der Waals surface area contributed by atoms with Gasteiger partial charge in [-0.25, -0.2) is 0 Å². The molecule has 1 N–H and O–H groups in total. The summed E-state index contributed by atoms with van der Waals surface area (Å²) in [7, 11) is 4.01. The Kier molecular flexibility index (Phi) is 7.66. The summed E-state index contributed by atoms with van der Waals surface area (Å²) in [5.41, 5.74) is -0.636. The van der Waals surface area contributed by atoms with Crippen molar-refractivity contribution in [2.75, 3.05) is 54.2 Å². The highest BCUT2D eigenvalue weighted by atomic mass is 32.1. The molecule has 31 heavy (non-hydrogen) atoms. The average Bonchev–Trinajstić information content (AvgIpc) is 3.32. The number of carbonyl (C=O) groups excluding carboxylic acids is 1. The number of amides is 1. The Morgan fingerprint density at radius 3 is 2.52 bits per heavy atom. The normalized spacial score (nSPS) is 15.2. The summed E-state index contributed by atoms with van der Waals surface area (Å²) >= 11 is 1.60. The molecule has 0 spiro atoms. The minimum Gasteiger partial charge on any atom is -0.493 e. The summed E-state index contributed by atoms with van der Waals surface area (Å²) in [4.78, 5) is 27.5. The second-order valence-corrected chi connectivity index (χ2v) is 7.67. The zero-order chi connectivity index (χ0) is 22.4. The molecule has 2 aromatic rings. The van der Waals surface area contributed by atoms with E-state index in [1.165, 1.54) is 27.4 Å². The minimum atomic E-state index is -0.658. The van der Waals surface area contributed by atoms with E-state index in [1.807, 2.05) is 17.5 Å². The number of nitrogens with zero attached hydrogens (tertiary/aromatic N) is 2. The Morgan fingerprint density at radius 1 is 1.26 bits per heavy atom. The summed E-state index contributed by atoms with van der Waals surface area (Å²) in [6.07, 6.45) is 0. The SMILES string of the molecule is COc1cc(C(=O)NCC(c2cccs2)N2CCOCC2)c([N+](=O)[O-])c(OC)c1OC. The van der Waals surface area contributed by atoms with Gasteiger partial charge in [0.25, 0.3) is 5.91 Å². The molecule has 0 radical (unpaired) electrons. The molecule has 1 aliphatic rings. The molecule has 168 valence electrons. The van der Waals surface area contributed by atoms with E-state index in [0.717, 1.165) is 18.0 Å². The fourth-order valence-electron chi connectivity index (χ4n) is 3.56. The van der Waals surface area contributed by atoms with E-state index in [-0.39, 0.29) is 35.4 Å². The van der Waals surface area contributed by atoms with E-state index in [1.54, 1.807) is 11.3 Å². The number of rotatable bonds is 9. The van der Waals surface area contributed by atoms with Gasteiger partial charge in [0.1, 0.15) is 5.56 Å². The molecule has 1 fully saturated rings. The van der Waals surface area contributed by atoms with Crippen LogP contribution in [-0.4, -0.2) is 69.9 Å². The van der Waals surface area contributed by atoms with Crippen molar-refractivity contribution in [3.05, 3.63) is 44.1 Å². The van der Waals surface area contributed by atoms with Crippen LogP contribution in [0.4, 0.5) is 5.69 Å². The van der Waals surface area contributed by atoms with Crippen LogP contribution >= 0.6 is 11.3 Å². The molecule has 1 amide bonds. The van der Waals surface area contributed by atoms with Crippen LogP contribution in [0.25, 0.3) is 0 Å². The van der Waals surface area contributed by atoms with Gasteiger partial charge < -0.3 is 24.3 Å². The Bertz CT molecular complexity index is 914.